The number of nitrogens with two attached hydrogens (primary N) is 1. The molecule has 0 rings (SSSR count). The smallest absolute Gasteiger partial charge is 0.225 e. The van der Waals surface area contributed by atoms with Crippen molar-refractivity contribution in [2.24, 2.45) is 5.14 Å². The Labute approximate surface area is 86.7 Å². The Kier molecular flexibility index (Phi) is 5.04. The molecule has 0 atom stereocenters. The summed E-state index contributed by atoms with van der Waals surface area (Å²) in [4.78, 5) is 0. The zero-order valence-electron chi connectivity index (χ0n) is 8.28. The first kappa shape index (κ1) is 13.3. The largest absolute Gasteiger partial charge is 0.235 e. The molecule has 0 aromatic carbocycles. The Bertz CT molecular complexity index is 295. The highest BCUT2D eigenvalue weighted by atomic mass is 32.4. The highest BCUT2D eigenvalue weighted by molar-refractivity contribution is 8.20. The van der Waals surface area contributed by atoms with Gasteiger partial charge in [0.1, 0.15) is 0 Å². The highest BCUT2D eigenvalue weighted by Crippen LogP contribution is 2.26. The van der Waals surface area contributed by atoms with Gasteiger partial charge in [-0.05, 0) is 18.1 Å². The van der Waals surface area contributed by atoms with Crippen LogP contribution in [0.3, 0.4) is 0 Å². The number of rotatable bonds is 7. The van der Waals surface area contributed by atoms with E-state index >= 15 is 0 Å². The van der Waals surface area contributed by atoms with Crippen molar-refractivity contribution in [2.75, 3.05) is 0 Å². The zero-order valence-corrected chi connectivity index (χ0v) is 10.1. The molecule has 0 spiro atoms. The molecule has 80 valence electrons. The van der Waals surface area contributed by atoms with Gasteiger partial charge in [-0.25, -0.2) is 13.6 Å². The molecule has 0 aromatic rings. The number of hydrogen-bond acceptors (Lipinski definition) is 2. The van der Waals surface area contributed by atoms with Crippen LogP contribution in [-0.4, -0.2) is 15.6 Å². The van der Waals surface area contributed by atoms with Crippen molar-refractivity contribution in [2.45, 2.75) is 18.1 Å². The van der Waals surface area contributed by atoms with Gasteiger partial charge in [-0.1, -0.05) is 18.2 Å². The van der Waals surface area contributed by atoms with Crippen molar-refractivity contribution >= 4 is 16.7 Å². The molecular weight excluding hydrogens is 214 g/mol. The quantitative estimate of drug-likeness (QED) is 0.536. The van der Waals surface area contributed by atoms with Gasteiger partial charge in [0, 0.05) is 0 Å². The van der Waals surface area contributed by atoms with Crippen LogP contribution in [0.15, 0.2) is 38.0 Å². The summed E-state index contributed by atoms with van der Waals surface area (Å²) < 4.78 is 23.0. The Balaban J connectivity index is 5.22. The van der Waals surface area contributed by atoms with Gasteiger partial charge in [0.15, 0.2) is 9.47 Å². The summed E-state index contributed by atoms with van der Waals surface area (Å²) in [6.07, 6.45) is 4.84. The Hall–Kier alpha value is -0.653. The van der Waals surface area contributed by atoms with Crippen LogP contribution in [-0.2, 0) is 9.47 Å². The summed E-state index contributed by atoms with van der Waals surface area (Å²) in [7, 11) is -6.09. The van der Waals surface area contributed by atoms with E-state index in [2.05, 4.69) is 19.7 Å². The third-order valence-corrected chi connectivity index (χ3v) is 11.6. The van der Waals surface area contributed by atoms with Crippen LogP contribution < -0.4 is 5.14 Å². The van der Waals surface area contributed by atoms with Gasteiger partial charge in [-0.15, -0.1) is 19.7 Å². The highest BCUT2D eigenvalue weighted by Gasteiger charge is 2.41. The third kappa shape index (κ3) is 2.93. The van der Waals surface area contributed by atoms with Gasteiger partial charge in [-0.3, -0.25) is 0 Å². The van der Waals surface area contributed by atoms with Crippen molar-refractivity contribution in [1.82, 2.24) is 0 Å². The molecule has 3 nitrogen and oxygen atoms in total. The molecule has 0 fully saturated rings. The molecule has 2 N–H and O–H groups in total. The molecule has 0 heterocycles. The van der Waals surface area contributed by atoms with Crippen LogP contribution >= 0.6 is 0 Å². The van der Waals surface area contributed by atoms with Gasteiger partial charge in [0.2, 0.25) is 7.22 Å². The van der Waals surface area contributed by atoms with Crippen LogP contribution in [0.5, 0.6) is 0 Å². The fourth-order valence-electron chi connectivity index (χ4n) is 1.39. The third-order valence-electron chi connectivity index (χ3n) is 2.15. The summed E-state index contributed by atoms with van der Waals surface area (Å²) in [6.45, 7) is 10.7. The molecule has 0 aliphatic rings. The second-order valence-corrected chi connectivity index (χ2v) is 12.2. The van der Waals surface area contributed by atoms with E-state index in [1.165, 1.54) is 0 Å². The Morgan fingerprint density at radius 2 is 1.29 bits per heavy atom. The standard InChI is InChI=1S/C9H17NO2SSi/c1-4-7-14(8-5-2,9-6-3)13(10,11)12/h4-6H,1-3,7-9H2,(H2,10,11,12). The average Bonchev–Trinajstić information content (AvgIpc) is 2.03. The minimum absolute atomic E-state index is 0.448. The lowest BCUT2D eigenvalue weighted by Gasteiger charge is -2.24. The topological polar surface area (TPSA) is 60.2 Å². The first-order valence-corrected chi connectivity index (χ1v) is 9.18. The molecule has 0 aromatic heterocycles. The monoisotopic (exact) mass is 231 g/mol. The lowest BCUT2D eigenvalue weighted by Crippen LogP contribution is -2.47. The number of hydrogen-bond donors (Lipinski definition) is 1. The number of allylic oxidation sites excluding steroid dienone is 3. The van der Waals surface area contributed by atoms with E-state index < -0.39 is 16.7 Å². The molecule has 5 heteroatoms. The minimum atomic E-state index is -3.49. The van der Waals surface area contributed by atoms with Crippen LogP contribution in [0.25, 0.3) is 0 Å². The SMILES string of the molecule is C=CC[Si](CC=C)(CC=C)S(N)(=O)=O. The first-order valence-electron chi connectivity index (χ1n) is 4.28. The zero-order chi connectivity index (χ0) is 11.2. The first-order chi connectivity index (χ1) is 6.43. The Morgan fingerprint density at radius 3 is 1.43 bits per heavy atom. The van der Waals surface area contributed by atoms with Crippen LogP contribution in [0.1, 0.15) is 0 Å². The normalized spacial score (nSPS) is 12.1. The molecule has 0 bridgehead atoms. The molecule has 0 unspecified atom stereocenters. The molecule has 14 heavy (non-hydrogen) atoms. The minimum Gasteiger partial charge on any atom is -0.235 e. The van der Waals surface area contributed by atoms with Gasteiger partial charge in [-0.2, -0.15) is 0 Å². The second kappa shape index (κ2) is 5.28. The fraction of sp³-hybridized carbons (Fsp3) is 0.333. The molecule has 0 saturated carbocycles. The van der Waals surface area contributed by atoms with Crippen LogP contribution in [0.4, 0.5) is 0 Å². The van der Waals surface area contributed by atoms with Crippen molar-refractivity contribution < 1.29 is 8.42 Å². The van der Waals surface area contributed by atoms with Crippen molar-refractivity contribution in [3.63, 3.8) is 0 Å². The molecule has 0 amide bonds. The van der Waals surface area contributed by atoms with Gasteiger partial charge >= 0.3 is 0 Å². The lowest BCUT2D eigenvalue weighted by atomic mass is 10.7. The predicted octanol–water partition coefficient (Wildman–Crippen LogP) is 1.78. The van der Waals surface area contributed by atoms with Gasteiger partial charge in [0.05, 0.1) is 0 Å². The summed E-state index contributed by atoms with van der Waals surface area (Å²) in [5, 5.41) is 5.26. The summed E-state index contributed by atoms with van der Waals surface area (Å²) in [5.74, 6) is 0. The van der Waals surface area contributed by atoms with Gasteiger partial charge in [0.25, 0.3) is 0 Å². The van der Waals surface area contributed by atoms with E-state index in [1.807, 2.05) is 0 Å². The summed E-state index contributed by atoms with van der Waals surface area (Å²) >= 11 is 0. The summed E-state index contributed by atoms with van der Waals surface area (Å²) in [5.41, 5.74) is 0. The van der Waals surface area contributed by atoms with Crippen molar-refractivity contribution in [3.8, 4) is 0 Å². The maximum Gasteiger partial charge on any atom is 0.225 e. The molecular formula is C9H17NO2SSi. The van der Waals surface area contributed by atoms with E-state index in [0.29, 0.717) is 18.1 Å². The molecule has 0 aliphatic heterocycles. The van der Waals surface area contributed by atoms with E-state index in [9.17, 15) is 8.42 Å². The predicted molar refractivity (Wildman–Crippen MR) is 63.9 cm³/mol. The van der Waals surface area contributed by atoms with Crippen LogP contribution in [0, 0.1) is 0 Å². The van der Waals surface area contributed by atoms with Crippen LogP contribution in [0.2, 0.25) is 18.1 Å². The Morgan fingerprint density at radius 1 is 1.00 bits per heavy atom. The maximum atomic E-state index is 11.5. The second-order valence-electron chi connectivity index (χ2n) is 3.21. The molecule has 0 radical (unpaired) electrons. The van der Waals surface area contributed by atoms with Crippen molar-refractivity contribution in [3.05, 3.63) is 38.0 Å². The lowest BCUT2D eigenvalue weighted by molar-refractivity contribution is 0.608. The maximum absolute atomic E-state index is 11.5. The van der Waals surface area contributed by atoms with E-state index in [-0.39, 0.29) is 0 Å². The molecule has 0 aliphatic carbocycles. The van der Waals surface area contributed by atoms with Gasteiger partial charge < -0.3 is 0 Å². The average molecular weight is 231 g/mol. The van der Waals surface area contributed by atoms with E-state index in [4.69, 9.17) is 5.14 Å². The van der Waals surface area contributed by atoms with E-state index in [1.54, 1.807) is 18.2 Å². The fourth-order valence-corrected chi connectivity index (χ4v) is 7.31. The van der Waals surface area contributed by atoms with E-state index in [0.717, 1.165) is 0 Å². The van der Waals surface area contributed by atoms with Crippen molar-refractivity contribution in [1.29, 1.82) is 0 Å². The summed E-state index contributed by atoms with van der Waals surface area (Å²) in [6, 6.07) is 1.34. The molecule has 0 saturated heterocycles.